The lowest BCUT2D eigenvalue weighted by atomic mass is 10.2. The van der Waals surface area contributed by atoms with Crippen molar-refractivity contribution in [2.45, 2.75) is 32.9 Å². The van der Waals surface area contributed by atoms with Crippen LogP contribution in [0.2, 0.25) is 0 Å². The number of anilines is 1. The summed E-state index contributed by atoms with van der Waals surface area (Å²) >= 11 is 0. The standard InChI is InChI=1S/C19H29N5O5S/c1-19(2,3)29-18(26)24-16-13-14(20)5-6-15(16)23(17(24)25)12-9-21-7-10-22(11-8-21)30(4,27)28/h5-6,13H,7-12,20H2,1-4H3. The minimum absolute atomic E-state index is 0.355. The summed E-state index contributed by atoms with van der Waals surface area (Å²) < 4.78 is 32.7. The molecule has 0 aliphatic carbocycles. The van der Waals surface area contributed by atoms with Crippen LogP contribution in [-0.4, -0.2) is 77.4 Å². The molecule has 1 fully saturated rings. The van der Waals surface area contributed by atoms with E-state index >= 15 is 0 Å². The number of nitrogen functional groups attached to an aromatic ring is 1. The SMILES string of the molecule is CC(C)(C)OC(=O)n1c(=O)n(CCN2CCN(S(C)(=O)=O)CC2)c2ccc(N)cc21. The average molecular weight is 440 g/mol. The number of benzene rings is 1. The molecule has 2 aromatic rings. The van der Waals surface area contributed by atoms with Gasteiger partial charge in [-0.2, -0.15) is 8.87 Å². The number of nitrogens with zero attached hydrogens (tertiary/aromatic N) is 4. The highest BCUT2D eigenvalue weighted by Crippen LogP contribution is 2.19. The fourth-order valence-electron chi connectivity index (χ4n) is 3.50. The third-order valence-corrected chi connectivity index (χ3v) is 6.27. The molecular formula is C19H29N5O5S. The monoisotopic (exact) mass is 439 g/mol. The predicted molar refractivity (Wildman–Crippen MR) is 115 cm³/mol. The lowest BCUT2D eigenvalue weighted by molar-refractivity contribution is 0.0537. The molecule has 0 saturated carbocycles. The van der Waals surface area contributed by atoms with E-state index in [-0.39, 0.29) is 0 Å². The molecule has 2 N–H and O–H groups in total. The van der Waals surface area contributed by atoms with Gasteiger partial charge in [0.2, 0.25) is 10.0 Å². The minimum Gasteiger partial charge on any atom is -0.443 e. The molecule has 1 aliphatic heterocycles. The van der Waals surface area contributed by atoms with Crippen molar-refractivity contribution in [1.82, 2.24) is 18.3 Å². The van der Waals surface area contributed by atoms with Gasteiger partial charge in [0.05, 0.1) is 17.3 Å². The zero-order valence-electron chi connectivity index (χ0n) is 17.8. The maximum Gasteiger partial charge on any atom is 0.423 e. The Morgan fingerprint density at radius 2 is 1.73 bits per heavy atom. The maximum absolute atomic E-state index is 13.1. The molecule has 10 nitrogen and oxygen atoms in total. The van der Waals surface area contributed by atoms with Crippen LogP contribution >= 0.6 is 0 Å². The van der Waals surface area contributed by atoms with E-state index in [2.05, 4.69) is 4.90 Å². The molecule has 3 rings (SSSR count). The van der Waals surface area contributed by atoms with E-state index in [0.29, 0.717) is 56.0 Å². The largest absolute Gasteiger partial charge is 0.443 e. The Morgan fingerprint density at radius 1 is 1.10 bits per heavy atom. The Balaban J connectivity index is 1.84. The van der Waals surface area contributed by atoms with E-state index in [1.165, 1.54) is 15.1 Å². The zero-order valence-corrected chi connectivity index (χ0v) is 18.6. The third-order valence-electron chi connectivity index (χ3n) is 4.97. The van der Waals surface area contributed by atoms with Gasteiger partial charge < -0.3 is 10.5 Å². The number of hydrogen-bond acceptors (Lipinski definition) is 7. The number of sulfonamides is 1. The van der Waals surface area contributed by atoms with Crippen LogP contribution in [0.4, 0.5) is 10.5 Å². The summed E-state index contributed by atoms with van der Waals surface area (Å²) in [5, 5.41) is 0. The summed E-state index contributed by atoms with van der Waals surface area (Å²) in [7, 11) is -3.19. The van der Waals surface area contributed by atoms with Crippen LogP contribution in [0.15, 0.2) is 23.0 Å². The van der Waals surface area contributed by atoms with Gasteiger partial charge in [-0.1, -0.05) is 0 Å². The van der Waals surface area contributed by atoms with Gasteiger partial charge in [0.15, 0.2) is 0 Å². The van der Waals surface area contributed by atoms with Crippen LogP contribution in [0, 0.1) is 0 Å². The number of carbonyl (C=O) groups excluding carboxylic acids is 1. The summed E-state index contributed by atoms with van der Waals surface area (Å²) in [6.45, 7) is 8.12. The highest BCUT2D eigenvalue weighted by Gasteiger charge is 2.26. The van der Waals surface area contributed by atoms with E-state index in [0.717, 1.165) is 4.57 Å². The molecule has 1 aromatic heterocycles. The quantitative estimate of drug-likeness (QED) is 0.698. The van der Waals surface area contributed by atoms with E-state index in [9.17, 15) is 18.0 Å². The third kappa shape index (κ3) is 4.85. The van der Waals surface area contributed by atoms with Crippen molar-refractivity contribution in [3.63, 3.8) is 0 Å². The van der Waals surface area contributed by atoms with Crippen LogP contribution in [-0.2, 0) is 21.3 Å². The van der Waals surface area contributed by atoms with Crippen LogP contribution in [0.25, 0.3) is 11.0 Å². The molecule has 0 amide bonds. The molecular weight excluding hydrogens is 410 g/mol. The fraction of sp³-hybridized carbons (Fsp3) is 0.579. The number of piperazine rings is 1. The number of nitrogens with two attached hydrogens (primary N) is 1. The first-order chi connectivity index (χ1) is 13.9. The molecule has 11 heteroatoms. The van der Waals surface area contributed by atoms with Gasteiger partial charge in [0.25, 0.3) is 0 Å². The molecule has 1 aliphatic rings. The topological polar surface area (TPSA) is 120 Å². The molecule has 0 spiro atoms. The highest BCUT2D eigenvalue weighted by atomic mass is 32.2. The van der Waals surface area contributed by atoms with Crippen LogP contribution in [0.1, 0.15) is 20.8 Å². The van der Waals surface area contributed by atoms with E-state index in [1.54, 1.807) is 39.0 Å². The molecule has 0 bridgehead atoms. The van der Waals surface area contributed by atoms with Crippen molar-refractivity contribution < 1.29 is 17.9 Å². The van der Waals surface area contributed by atoms with Crippen molar-refractivity contribution in [3.05, 3.63) is 28.7 Å². The van der Waals surface area contributed by atoms with E-state index < -0.39 is 27.4 Å². The first kappa shape index (κ1) is 22.3. The number of aromatic nitrogens is 2. The Labute approximate surface area is 175 Å². The Hall–Kier alpha value is -2.37. The van der Waals surface area contributed by atoms with Gasteiger partial charge in [-0.25, -0.2) is 18.0 Å². The summed E-state index contributed by atoms with van der Waals surface area (Å²) in [5.41, 5.74) is 6.08. The Bertz CT molecular complexity index is 1100. The number of imidazole rings is 1. The average Bonchev–Trinajstić information content (AvgIpc) is 2.88. The highest BCUT2D eigenvalue weighted by molar-refractivity contribution is 7.88. The molecule has 0 atom stereocenters. The first-order valence-corrected chi connectivity index (χ1v) is 11.6. The van der Waals surface area contributed by atoms with Gasteiger partial charge in [-0.3, -0.25) is 9.47 Å². The molecule has 0 unspecified atom stereocenters. The smallest absolute Gasteiger partial charge is 0.423 e. The summed E-state index contributed by atoms with van der Waals surface area (Å²) in [6, 6.07) is 4.99. The van der Waals surface area contributed by atoms with Gasteiger partial charge >= 0.3 is 11.8 Å². The lowest BCUT2D eigenvalue weighted by Gasteiger charge is -2.33. The van der Waals surface area contributed by atoms with Crippen molar-refractivity contribution in [2.24, 2.45) is 0 Å². The Morgan fingerprint density at radius 3 is 2.30 bits per heavy atom. The normalized spacial score (nSPS) is 16.8. The predicted octanol–water partition coefficient (Wildman–Crippen LogP) is 0.746. The van der Waals surface area contributed by atoms with Crippen molar-refractivity contribution in [2.75, 3.05) is 44.7 Å². The second kappa shape index (κ2) is 8.05. The molecule has 30 heavy (non-hydrogen) atoms. The van der Waals surface area contributed by atoms with Crippen LogP contribution < -0.4 is 11.4 Å². The maximum atomic E-state index is 13.1. The molecule has 0 radical (unpaired) electrons. The number of carbonyl (C=O) groups is 1. The number of ether oxygens (including phenoxy) is 1. The number of rotatable bonds is 4. The fourth-order valence-corrected chi connectivity index (χ4v) is 4.33. The number of hydrogen-bond donors (Lipinski definition) is 1. The summed E-state index contributed by atoms with van der Waals surface area (Å²) in [4.78, 5) is 27.8. The zero-order chi connectivity index (χ0) is 22.3. The second-order valence-electron chi connectivity index (χ2n) is 8.50. The van der Waals surface area contributed by atoms with Crippen LogP contribution in [0.5, 0.6) is 0 Å². The van der Waals surface area contributed by atoms with Crippen LogP contribution in [0.3, 0.4) is 0 Å². The molecule has 2 heterocycles. The van der Waals surface area contributed by atoms with Gasteiger partial charge in [0, 0.05) is 45.0 Å². The number of fused-ring (bicyclic) bond motifs is 1. The lowest BCUT2D eigenvalue weighted by Crippen LogP contribution is -2.49. The van der Waals surface area contributed by atoms with Crippen molar-refractivity contribution >= 4 is 32.8 Å². The summed E-state index contributed by atoms with van der Waals surface area (Å²) in [6.07, 6.45) is 0.461. The van der Waals surface area contributed by atoms with E-state index in [1.807, 2.05) is 0 Å². The molecule has 166 valence electrons. The van der Waals surface area contributed by atoms with Crippen molar-refractivity contribution in [1.29, 1.82) is 0 Å². The molecule has 1 aromatic carbocycles. The van der Waals surface area contributed by atoms with E-state index in [4.69, 9.17) is 10.5 Å². The Kier molecular flexibility index (Phi) is 5.99. The van der Waals surface area contributed by atoms with Gasteiger partial charge in [-0.05, 0) is 39.0 Å². The minimum atomic E-state index is -3.19. The first-order valence-electron chi connectivity index (χ1n) is 9.78. The second-order valence-corrected chi connectivity index (χ2v) is 10.5. The van der Waals surface area contributed by atoms with Gasteiger partial charge in [0.1, 0.15) is 5.60 Å². The van der Waals surface area contributed by atoms with Gasteiger partial charge in [-0.15, -0.1) is 0 Å². The summed E-state index contributed by atoms with van der Waals surface area (Å²) in [5.74, 6) is 0. The van der Waals surface area contributed by atoms with Crippen molar-refractivity contribution in [3.8, 4) is 0 Å². The molecule has 1 saturated heterocycles.